The van der Waals surface area contributed by atoms with Crippen LogP contribution in [-0.4, -0.2) is 26.3 Å². The molecule has 18 heavy (non-hydrogen) atoms. The summed E-state index contributed by atoms with van der Waals surface area (Å²) in [4.78, 5) is 0.924. The molecule has 0 bridgehead atoms. The van der Waals surface area contributed by atoms with Crippen LogP contribution in [-0.2, 0) is 15.9 Å². The molecule has 0 atom stereocenters. The third kappa shape index (κ3) is 3.70. The van der Waals surface area contributed by atoms with Crippen molar-refractivity contribution in [3.05, 3.63) is 16.5 Å². The van der Waals surface area contributed by atoms with E-state index in [0.29, 0.717) is 22.6 Å². The van der Waals surface area contributed by atoms with Gasteiger partial charge < -0.3 is 0 Å². The van der Waals surface area contributed by atoms with Crippen molar-refractivity contribution >= 4 is 33.0 Å². The van der Waals surface area contributed by atoms with Crippen molar-refractivity contribution in [3.8, 4) is 0 Å². The molecule has 3 nitrogen and oxygen atoms in total. The molecule has 1 aromatic heterocycles. The van der Waals surface area contributed by atoms with Crippen molar-refractivity contribution in [2.24, 2.45) is 5.92 Å². The second-order valence-electron chi connectivity index (χ2n) is 4.81. The van der Waals surface area contributed by atoms with E-state index in [0.717, 1.165) is 16.9 Å². The van der Waals surface area contributed by atoms with Crippen molar-refractivity contribution in [1.82, 2.24) is 4.31 Å². The lowest BCUT2D eigenvalue weighted by atomic mass is 10.1. The maximum atomic E-state index is 12.3. The van der Waals surface area contributed by atoms with E-state index in [1.54, 1.807) is 13.1 Å². The lowest BCUT2D eigenvalue weighted by Crippen LogP contribution is -2.28. The smallest absolute Gasteiger partial charge is 0.206 e. The van der Waals surface area contributed by atoms with Gasteiger partial charge in [0.2, 0.25) is 0 Å². The fourth-order valence-electron chi connectivity index (χ4n) is 1.46. The first kappa shape index (κ1) is 16.0. The molecule has 0 amide bonds. The highest BCUT2D eigenvalue weighted by atomic mass is 35.5. The van der Waals surface area contributed by atoms with Crippen LogP contribution in [0.1, 0.15) is 30.7 Å². The summed E-state index contributed by atoms with van der Waals surface area (Å²) in [6, 6.07) is 1.71. The van der Waals surface area contributed by atoms with Crippen LogP contribution in [0.15, 0.2) is 10.3 Å². The number of hydrogen-bond donors (Lipinski definition) is 0. The summed E-state index contributed by atoms with van der Waals surface area (Å²) < 4.78 is 26.5. The maximum absolute atomic E-state index is 12.3. The average Bonchev–Trinajstić information content (AvgIpc) is 2.67. The zero-order valence-electron chi connectivity index (χ0n) is 11.2. The molecular formula is C12H20ClNO2S2. The summed E-state index contributed by atoms with van der Waals surface area (Å²) >= 11 is 7.05. The minimum Gasteiger partial charge on any atom is -0.206 e. The fraction of sp³-hybridized carbons (Fsp3) is 0.667. The molecule has 0 fully saturated rings. The molecule has 0 aliphatic heterocycles. The van der Waals surface area contributed by atoms with Gasteiger partial charge in [0.1, 0.15) is 4.21 Å². The van der Waals surface area contributed by atoms with Gasteiger partial charge in [-0.25, -0.2) is 12.7 Å². The van der Waals surface area contributed by atoms with Gasteiger partial charge in [-0.3, -0.25) is 0 Å². The van der Waals surface area contributed by atoms with Gasteiger partial charge in [0.15, 0.2) is 0 Å². The zero-order valence-corrected chi connectivity index (χ0v) is 13.6. The first-order chi connectivity index (χ1) is 8.28. The predicted octanol–water partition coefficient (Wildman–Crippen LogP) is 3.46. The van der Waals surface area contributed by atoms with E-state index < -0.39 is 10.0 Å². The third-order valence-electron chi connectivity index (χ3n) is 2.81. The molecule has 0 aliphatic rings. The number of rotatable bonds is 6. The summed E-state index contributed by atoms with van der Waals surface area (Å²) in [5.74, 6) is 0.855. The molecule has 0 radical (unpaired) electrons. The second-order valence-corrected chi connectivity index (χ2v) is 8.49. The van der Waals surface area contributed by atoms with Gasteiger partial charge in [0.05, 0.1) is 5.88 Å². The Hall–Kier alpha value is -0.100. The summed E-state index contributed by atoms with van der Waals surface area (Å²) in [5, 5.41) is 0. The van der Waals surface area contributed by atoms with Crippen molar-refractivity contribution in [1.29, 1.82) is 0 Å². The van der Waals surface area contributed by atoms with Gasteiger partial charge in [-0.15, -0.1) is 22.9 Å². The van der Waals surface area contributed by atoms with E-state index in [1.165, 1.54) is 15.6 Å². The van der Waals surface area contributed by atoms with E-state index in [1.807, 2.05) is 6.92 Å². The summed E-state index contributed by atoms with van der Waals surface area (Å²) in [6.45, 7) is 6.61. The number of nitrogens with zero attached hydrogens (tertiary/aromatic N) is 1. The Morgan fingerprint density at radius 3 is 2.50 bits per heavy atom. The van der Waals surface area contributed by atoms with Gasteiger partial charge in [-0.05, 0) is 30.9 Å². The Morgan fingerprint density at radius 1 is 1.44 bits per heavy atom. The topological polar surface area (TPSA) is 37.4 Å². The van der Waals surface area contributed by atoms with Crippen LogP contribution >= 0.6 is 22.9 Å². The van der Waals surface area contributed by atoms with Crippen LogP contribution in [0, 0.1) is 12.8 Å². The van der Waals surface area contributed by atoms with Crippen molar-refractivity contribution < 1.29 is 8.42 Å². The number of sulfonamides is 1. The normalized spacial score (nSPS) is 12.6. The Balaban J connectivity index is 2.91. The monoisotopic (exact) mass is 309 g/mol. The number of aryl methyl sites for hydroxylation is 1. The predicted molar refractivity (Wildman–Crippen MR) is 77.9 cm³/mol. The highest BCUT2D eigenvalue weighted by Crippen LogP contribution is 2.29. The summed E-state index contributed by atoms with van der Waals surface area (Å²) in [6.07, 6.45) is 0.864. The maximum Gasteiger partial charge on any atom is 0.252 e. The Morgan fingerprint density at radius 2 is 2.06 bits per heavy atom. The highest BCUT2D eigenvalue weighted by Gasteiger charge is 2.23. The first-order valence-electron chi connectivity index (χ1n) is 5.90. The quantitative estimate of drug-likeness (QED) is 0.755. The first-order valence-corrected chi connectivity index (χ1v) is 8.69. The van der Waals surface area contributed by atoms with Crippen LogP contribution in [0.25, 0.3) is 0 Å². The molecule has 0 N–H and O–H groups in total. The number of halogens is 1. The Bertz CT molecular complexity index is 494. The van der Waals surface area contributed by atoms with Crippen LogP contribution < -0.4 is 0 Å². The number of alkyl halides is 1. The average molecular weight is 310 g/mol. The molecule has 1 heterocycles. The molecule has 6 heteroatoms. The van der Waals surface area contributed by atoms with Crippen molar-refractivity contribution in [2.75, 3.05) is 13.6 Å². The van der Waals surface area contributed by atoms with Crippen molar-refractivity contribution in [3.63, 3.8) is 0 Å². The van der Waals surface area contributed by atoms with Gasteiger partial charge in [0, 0.05) is 18.5 Å². The highest BCUT2D eigenvalue weighted by molar-refractivity contribution is 7.91. The summed E-state index contributed by atoms with van der Waals surface area (Å²) in [5.41, 5.74) is 0.950. The minimum absolute atomic E-state index is 0.363. The molecule has 0 spiro atoms. The largest absolute Gasteiger partial charge is 0.252 e. The van der Waals surface area contributed by atoms with Gasteiger partial charge in [0.25, 0.3) is 10.0 Å². The number of hydrogen-bond acceptors (Lipinski definition) is 3. The fourth-order valence-corrected chi connectivity index (χ4v) is 4.67. The summed E-state index contributed by atoms with van der Waals surface area (Å²) in [7, 11) is -1.72. The molecule has 104 valence electrons. The minimum atomic E-state index is -3.35. The molecule has 0 unspecified atom stereocenters. The molecule has 0 aromatic carbocycles. The Kier molecular flexibility index (Phi) is 5.65. The molecule has 0 saturated carbocycles. The van der Waals surface area contributed by atoms with Gasteiger partial charge in [-0.1, -0.05) is 13.8 Å². The lowest BCUT2D eigenvalue weighted by molar-refractivity contribution is 0.429. The standard InChI is InChI=1S/C12H20ClNO2S2/c1-9(2)5-6-14(4)18(15,16)12-7-10(3)11(8-13)17-12/h7,9H,5-6,8H2,1-4H3. The third-order valence-corrected chi connectivity index (χ3v) is 6.77. The second kappa shape index (κ2) is 6.37. The van der Waals surface area contributed by atoms with Crippen LogP contribution in [0.5, 0.6) is 0 Å². The molecular weight excluding hydrogens is 290 g/mol. The molecule has 0 aliphatic carbocycles. The molecule has 1 aromatic rings. The van der Waals surface area contributed by atoms with Gasteiger partial charge in [-0.2, -0.15) is 0 Å². The van der Waals surface area contributed by atoms with Crippen LogP contribution in [0.3, 0.4) is 0 Å². The van der Waals surface area contributed by atoms with Crippen LogP contribution in [0.2, 0.25) is 0 Å². The van der Waals surface area contributed by atoms with E-state index >= 15 is 0 Å². The molecule has 1 rings (SSSR count). The Labute approximate surface area is 119 Å². The van der Waals surface area contributed by atoms with E-state index in [-0.39, 0.29) is 0 Å². The van der Waals surface area contributed by atoms with Crippen molar-refractivity contribution in [2.45, 2.75) is 37.3 Å². The van der Waals surface area contributed by atoms with E-state index in [4.69, 9.17) is 11.6 Å². The number of thiophene rings is 1. The molecule has 0 saturated heterocycles. The SMILES string of the molecule is Cc1cc(S(=O)(=O)N(C)CCC(C)C)sc1CCl. The zero-order chi connectivity index (χ0) is 13.9. The van der Waals surface area contributed by atoms with Gasteiger partial charge >= 0.3 is 0 Å². The van der Waals surface area contributed by atoms with E-state index in [9.17, 15) is 8.42 Å². The lowest BCUT2D eigenvalue weighted by Gasteiger charge is -2.16. The van der Waals surface area contributed by atoms with E-state index in [2.05, 4.69) is 13.8 Å². The van der Waals surface area contributed by atoms with Crippen LogP contribution in [0.4, 0.5) is 0 Å².